The van der Waals surface area contributed by atoms with Gasteiger partial charge in [0.15, 0.2) is 0 Å². The Morgan fingerprint density at radius 1 is 1.10 bits per heavy atom. The first kappa shape index (κ1) is 12.7. The van der Waals surface area contributed by atoms with Gasteiger partial charge in [-0.3, -0.25) is 0 Å². The maximum atomic E-state index is 9.50. The lowest BCUT2D eigenvalue weighted by atomic mass is 10.1. The summed E-state index contributed by atoms with van der Waals surface area (Å²) < 4.78 is 5.21. The van der Waals surface area contributed by atoms with Crippen LogP contribution in [0.1, 0.15) is 5.56 Å². The number of benzene rings is 2. The predicted octanol–water partition coefficient (Wildman–Crippen LogP) is 4.07. The molecule has 5 heteroatoms. The third kappa shape index (κ3) is 2.38. The molecule has 1 heterocycles. The lowest BCUT2D eigenvalue weighted by Crippen LogP contribution is -1.82. The number of hydrogen-bond donors (Lipinski definition) is 1. The van der Waals surface area contributed by atoms with E-state index in [1.165, 1.54) is 12.1 Å². The highest BCUT2D eigenvalue weighted by Crippen LogP contribution is 2.31. The smallest absolute Gasteiger partial charge is 0.259 e. The number of nitrogens with zero attached hydrogens (tertiary/aromatic N) is 2. The van der Waals surface area contributed by atoms with Gasteiger partial charge in [0.25, 0.3) is 5.89 Å². The number of hydrogen-bond acceptors (Lipinski definition) is 4. The highest BCUT2D eigenvalue weighted by atomic mass is 35.5. The van der Waals surface area contributed by atoms with Gasteiger partial charge in [-0.2, -0.15) is 4.98 Å². The monoisotopic (exact) mass is 286 g/mol. The molecule has 0 unspecified atom stereocenters. The summed E-state index contributed by atoms with van der Waals surface area (Å²) in [6, 6.07) is 12.4. The van der Waals surface area contributed by atoms with E-state index in [1.54, 1.807) is 6.07 Å². The number of aromatic nitrogens is 2. The standard InChI is InChI=1S/C15H11ClN2O2/c1-9-2-4-10(5-3-9)14-17-15(20-18-14)12-8-11(19)6-7-13(12)16/h2-8,19H,1H3. The van der Waals surface area contributed by atoms with Crippen LogP contribution < -0.4 is 0 Å². The average Bonchev–Trinajstić information content (AvgIpc) is 2.92. The van der Waals surface area contributed by atoms with Crippen LogP contribution in [0.15, 0.2) is 47.0 Å². The van der Waals surface area contributed by atoms with Gasteiger partial charge in [-0.15, -0.1) is 0 Å². The zero-order valence-electron chi connectivity index (χ0n) is 10.7. The summed E-state index contributed by atoms with van der Waals surface area (Å²) in [4.78, 5) is 4.31. The fraction of sp³-hybridized carbons (Fsp3) is 0.0667. The molecular formula is C15H11ClN2O2. The van der Waals surface area contributed by atoms with Crippen molar-refractivity contribution in [3.05, 3.63) is 53.1 Å². The molecule has 3 rings (SSSR count). The minimum atomic E-state index is 0.0967. The second kappa shape index (κ2) is 4.98. The Labute approximate surface area is 120 Å². The van der Waals surface area contributed by atoms with Crippen LogP contribution in [0.5, 0.6) is 5.75 Å². The molecule has 2 aromatic carbocycles. The van der Waals surface area contributed by atoms with Crippen molar-refractivity contribution < 1.29 is 9.63 Å². The molecule has 0 bridgehead atoms. The Kier molecular flexibility index (Phi) is 3.16. The van der Waals surface area contributed by atoms with Crippen LogP contribution >= 0.6 is 11.6 Å². The normalized spacial score (nSPS) is 10.7. The number of rotatable bonds is 2. The highest BCUT2D eigenvalue weighted by Gasteiger charge is 2.14. The van der Waals surface area contributed by atoms with Crippen LogP contribution in [0.25, 0.3) is 22.8 Å². The third-order valence-corrected chi connectivity index (χ3v) is 3.25. The van der Waals surface area contributed by atoms with Gasteiger partial charge in [-0.05, 0) is 25.1 Å². The third-order valence-electron chi connectivity index (χ3n) is 2.92. The molecule has 0 aliphatic rings. The van der Waals surface area contributed by atoms with Gasteiger partial charge in [0.2, 0.25) is 5.82 Å². The molecule has 0 spiro atoms. The van der Waals surface area contributed by atoms with Crippen molar-refractivity contribution in [1.29, 1.82) is 0 Å². The first-order valence-electron chi connectivity index (χ1n) is 6.03. The summed E-state index contributed by atoms with van der Waals surface area (Å²) >= 11 is 6.07. The summed E-state index contributed by atoms with van der Waals surface area (Å²) in [7, 11) is 0. The Morgan fingerprint density at radius 3 is 2.60 bits per heavy atom. The van der Waals surface area contributed by atoms with Crippen molar-refractivity contribution in [3.8, 4) is 28.6 Å². The number of halogens is 1. The molecule has 0 saturated carbocycles. The highest BCUT2D eigenvalue weighted by molar-refractivity contribution is 6.33. The van der Waals surface area contributed by atoms with Crippen molar-refractivity contribution in [2.24, 2.45) is 0 Å². The van der Waals surface area contributed by atoms with E-state index in [0.29, 0.717) is 16.4 Å². The maximum Gasteiger partial charge on any atom is 0.259 e. The van der Waals surface area contributed by atoms with E-state index in [4.69, 9.17) is 16.1 Å². The van der Waals surface area contributed by atoms with Crippen LogP contribution in [-0.2, 0) is 0 Å². The minimum absolute atomic E-state index is 0.0967. The lowest BCUT2D eigenvalue weighted by Gasteiger charge is -1.98. The zero-order valence-corrected chi connectivity index (χ0v) is 11.4. The van der Waals surface area contributed by atoms with Crippen molar-refractivity contribution in [2.45, 2.75) is 6.92 Å². The van der Waals surface area contributed by atoms with Crippen molar-refractivity contribution in [2.75, 3.05) is 0 Å². The van der Waals surface area contributed by atoms with Gasteiger partial charge < -0.3 is 9.63 Å². The maximum absolute atomic E-state index is 9.50. The van der Waals surface area contributed by atoms with Crippen LogP contribution in [0, 0.1) is 6.92 Å². The number of phenols is 1. The summed E-state index contributed by atoms with van der Waals surface area (Å²) in [6.45, 7) is 2.01. The molecule has 0 amide bonds. The second-order valence-electron chi connectivity index (χ2n) is 4.45. The summed E-state index contributed by atoms with van der Waals surface area (Å²) in [5.41, 5.74) is 2.54. The molecule has 1 aromatic heterocycles. The molecule has 0 fully saturated rings. The summed E-state index contributed by atoms with van der Waals surface area (Å²) in [5, 5.41) is 13.9. The Morgan fingerprint density at radius 2 is 1.85 bits per heavy atom. The zero-order chi connectivity index (χ0) is 14.1. The molecule has 0 saturated heterocycles. The van der Waals surface area contributed by atoms with Crippen molar-refractivity contribution in [3.63, 3.8) is 0 Å². The number of phenolic OH excluding ortho intramolecular Hbond substituents is 1. The van der Waals surface area contributed by atoms with Crippen LogP contribution in [0.4, 0.5) is 0 Å². The molecule has 0 atom stereocenters. The molecule has 20 heavy (non-hydrogen) atoms. The SMILES string of the molecule is Cc1ccc(-c2noc(-c3cc(O)ccc3Cl)n2)cc1. The van der Waals surface area contributed by atoms with E-state index in [2.05, 4.69) is 10.1 Å². The first-order chi connectivity index (χ1) is 9.63. The Balaban J connectivity index is 2.01. The molecule has 0 aliphatic carbocycles. The molecule has 0 radical (unpaired) electrons. The fourth-order valence-corrected chi connectivity index (χ4v) is 2.03. The summed E-state index contributed by atoms with van der Waals surface area (Å²) in [6.07, 6.45) is 0. The molecule has 4 nitrogen and oxygen atoms in total. The second-order valence-corrected chi connectivity index (χ2v) is 4.86. The van der Waals surface area contributed by atoms with Gasteiger partial charge >= 0.3 is 0 Å². The largest absolute Gasteiger partial charge is 0.508 e. The van der Waals surface area contributed by atoms with E-state index in [-0.39, 0.29) is 11.6 Å². The topological polar surface area (TPSA) is 59.2 Å². The lowest BCUT2D eigenvalue weighted by molar-refractivity contribution is 0.431. The van der Waals surface area contributed by atoms with Crippen molar-refractivity contribution in [1.82, 2.24) is 10.1 Å². The number of aromatic hydroxyl groups is 1. The Bertz CT molecular complexity index is 751. The van der Waals surface area contributed by atoms with E-state index in [9.17, 15) is 5.11 Å². The minimum Gasteiger partial charge on any atom is -0.508 e. The van der Waals surface area contributed by atoms with Crippen LogP contribution in [0.3, 0.4) is 0 Å². The van der Waals surface area contributed by atoms with Gasteiger partial charge in [0, 0.05) is 5.56 Å². The predicted molar refractivity (Wildman–Crippen MR) is 76.6 cm³/mol. The van der Waals surface area contributed by atoms with Gasteiger partial charge in [-0.25, -0.2) is 0 Å². The van der Waals surface area contributed by atoms with Crippen LogP contribution in [0.2, 0.25) is 5.02 Å². The van der Waals surface area contributed by atoms with E-state index >= 15 is 0 Å². The van der Waals surface area contributed by atoms with Crippen molar-refractivity contribution >= 4 is 11.6 Å². The summed E-state index contributed by atoms with van der Waals surface area (Å²) in [5.74, 6) is 0.861. The van der Waals surface area contributed by atoms with Gasteiger partial charge in [-0.1, -0.05) is 46.6 Å². The molecule has 0 aliphatic heterocycles. The quantitative estimate of drug-likeness (QED) is 0.771. The first-order valence-corrected chi connectivity index (χ1v) is 6.41. The van der Waals surface area contributed by atoms with Crippen LogP contribution in [-0.4, -0.2) is 15.2 Å². The fourth-order valence-electron chi connectivity index (χ4n) is 1.83. The molecule has 3 aromatic rings. The van der Waals surface area contributed by atoms with Gasteiger partial charge in [0.05, 0.1) is 10.6 Å². The van der Waals surface area contributed by atoms with E-state index < -0.39 is 0 Å². The number of aryl methyl sites for hydroxylation is 1. The average molecular weight is 287 g/mol. The van der Waals surface area contributed by atoms with E-state index in [1.807, 2.05) is 31.2 Å². The Hall–Kier alpha value is -2.33. The van der Waals surface area contributed by atoms with E-state index in [0.717, 1.165) is 11.1 Å². The molecule has 1 N–H and O–H groups in total. The van der Waals surface area contributed by atoms with Gasteiger partial charge in [0.1, 0.15) is 5.75 Å². The molecular weight excluding hydrogens is 276 g/mol. The molecule has 100 valence electrons.